The first-order chi connectivity index (χ1) is 15.9. The van der Waals surface area contributed by atoms with Crippen LogP contribution in [0.3, 0.4) is 0 Å². The summed E-state index contributed by atoms with van der Waals surface area (Å²) < 4.78 is 1.94. The highest BCUT2D eigenvalue weighted by atomic mass is 35.5. The van der Waals surface area contributed by atoms with Crippen LogP contribution in [0.15, 0.2) is 54.9 Å². The van der Waals surface area contributed by atoms with Gasteiger partial charge in [0.05, 0.1) is 18.4 Å². The zero-order chi connectivity index (χ0) is 23.0. The van der Waals surface area contributed by atoms with E-state index in [2.05, 4.69) is 16.6 Å². The second-order valence-electron chi connectivity index (χ2n) is 9.63. The fourth-order valence-electron chi connectivity index (χ4n) is 5.06. The molecule has 1 saturated carbocycles. The summed E-state index contributed by atoms with van der Waals surface area (Å²) in [4.78, 5) is 14.7. The molecule has 2 aliphatic rings. The van der Waals surface area contributed by atoms with E-state index in [1.807, 2.05) is 47.0 Å². The summed E-state index contributed by atoms with van der Waals surface area (Å²) in [5.41, 5.74) is 3.82. The fourth-order valence-corrected chi connectivity index (χ4v) is 5.19. The summed E-state index contributed by atoms with van der Waals surface area (Å²) >= 11 is 5.96. The van der Waals surface area contributed by atoms with E-state index in [1.165, 1.54) is 5.56 Å². The summed E-state index contributed by atoms with van der Waals surface area (Å²) in [6, 6.07) is 13.5. The molecule has 2 heterocycles. The topological polar surface area (TPSA) is 70.4 Å². The predicted molar refractivity (Wildman–Crippen MR) is 130 cm³/mol. The first-order valence-electron chi connectivity index (χ1n) is 11.5. The van der Waals surface area contributed by atoms with Crippen molar-refractivity contribution in [2.45, 2.75) is 45.2 Å². The molecule has 0 atom stereocenters. The van der Waals surface area contributed by atoms with Crippen LogP contribution >= 0.6 is 11.6 Å². The Morgan fingerprint density at radius 2 is 1.91 bits per heavy atom. The monoisotopic (exact) mass is 464 g/mol. The number of phenols is 1. The second-order valence-corrected chi connectivity index (χ2v) is 10.1. The van der Waals surface area contributed by atoms with Crippen molar-refractivity contribution < 1.29 is 9.90 Å². The molecule has 1 aromatic heterocycles. The van der Waals surface area contributed by atoms with E-state index in [9.17, 15) is 9.90 Å². The molecule has 7 heteroatoms. The van der Waals surface area contributed by atoms with Crippen molar-refractivity contribution in [3.05, 3.63) is 76.6 Å². The van der Waals surface area contributed by atoms with E-state index in [0.29, 0.717) is 11.6 Å². The van der Waals surface area contributed by atoms with Crippen LogP contribution in [0, 0.1) is 12.3 Å². The Morgan fingerprint density at radius 3 is 2.61 bits per heavy atom. The number of amides is 1. The number of nitrogens with one attached hydrogen (secondary N) is 1. The molecule has 5 rings (SSSR count). The van der Waals surface area contributed by atoms with Gasteiger partial charge in [-0.05, 0) is 68.0 Å². The normalized spacial score (nSPS) is 17.7. The lowest BCUT2D eigenvalue weighted by molar-refractivity contribution is -0.0171. The average molecular weight is 465 g/mol. The van der Waals surface area contributed by atoms with Crippen LogP contribution in [0.25, 0.3) is 0 Å². The Morgan fingerprint density at radius 1 is 1.18 bits per heavy atom. The van der Waals surface area contributed by atoms with E-state index in [0.717, 1.165) is 61.6 Å². The van der Waals surface area contributed by atoms with Crippen LogP contribution in [0.4, 0.5) is 5.69 Å². The van der Waals surface area contributed by atoms with Gasteiger partial charge >= 0.3 is 0 Å². The smallest absolute Gasteiger partial charge is 0.254 e. The van der Waals surface area contributed by atoms with Crippen molar-refractivity contribution in [3.63, 3.8) is 0 Å². The Hall–Kier alpha value is -2.99. The van der Waals surface area contributed by atoms with Crippen LogP contribution in [0.1, 0.15) is 47.2 Å². The number of rotatable bonds is 5. The molecule has 2 aromatic carbocycles. The summed E-state index contributed by atoms with van der Waals surface area (Å²) in [6.07, 6.45) is 8.37. The summed E-state index contributed by atoms with van der Waals surface area (Å²) in [6.45, 7) is 4.17. The maximum absolute atomic E-state index is 12.8. The summed E-state index contributed by atoms with van der Waals surface area (Å²) in [5.74, 6) is 0.198. The number of aromatic nitrogens is 2. The minimum Gasteiger partial charge on any atom is -0.508 e. The average Bonchev–Trinajstić information content (AvgIpc) is 3.22. The zero-order valence-corrected chi connectivity index (χ0v) is 19.6. The molecule has 1 aliphatic carbocycles. The Labute approximate surface area is 199 Å². The van der Waals surface area contributed by atoms with Crippen LogP contribution in [0.5, 0.6) is 5.75 Å². The van der Waals surface area contributed by atoms with Gasteiger partial charge < -0.3 is 15.3 Å². The molecule has 1 saturated heterocycles. The second kappa shape index (κ2) is 8.75. The van der Waals surface area contributed by atoms with Gasteiger partial charge in [0.2, 0.25) is 0 Å². The molecule has 0 bridgehead atoms. The SMILES string of the molecule is Cc1ccc(C(=O)N2CC3(CCC(Nc4cnn(Cc5ccc(Cl)cc5)c4)CC3)C2)cc1O. The third-order valence-corrected chi connectivity index (χ3v) is 7.36. The Balaban J connectivity index is 1.10. The number of hydrogen-bond acceptors (Lipinski definition) is 4. The minimum atomic E-state index is 0.0178. The number of halogens is 1. The lowest BCUT2D eigenvalue weighted by atomic mass is 9.67. The number of benzene rings is 2. The maximum atomic E-state index is 12.8. The van der Waals surface area contributed by atoms with Crippen LogP contribution < -0.4 is 5.32 Å². The zero-order valence-electron chi connectivity index (χ0n) is 18.8. The van der Waals surface area contributed by atoms with E-state index in [4.69, 9.17) is 11.6 Å². The van der Waals surface area contributed by atoms with Gasteiger partial charge in [-0.3, -0.25) is 9.48 Å². The van der Waals surface area contributed by atoms with E-state index >= 15 is 0 Å². The number of aryl methyl sites for hydroxylation is 1. The lowest BCUT2D eigenvalue weighted by Crippen LogP contribution is -2.60. The Bertz CT molecular complexity index is 1140. The summed E-state index contributed by atoms with van der Waals surface area (Å²) in [5, 5.41) is 18.8. The van der Waals surface area contributed by atoms with E-state index in [1.54, 1.807) is 18.2 Å². The fraction of sp³-hybridized carbons (Fsp3) is 0.385. The molecule has 2 fully saturated rings. The van der Waals surface area contributed by atoms with Crippen LogP contribution in [-0.2, 0) is 6.54 Å². The van der Waals surface area contributed by atoms with Crippen molar-refractivity contribution in [1.82, 2.24) is 14.7 Å². The van der Waals surface area contributed by atoms with E-state index < -0.39 is 0 Å². The quantitative estimate of drug-likeness (QED) is 0.551. The van der Waals surface area contributed by atoms with Crippen molar-refractivity contribution in [3.8, 4) is 5.75 Å². The molecule has 0 radical (unpaired) electrons. The van der Waals surface area contributed by atoms with Crippen LogP contribution in [-0.4, -0.2) is 44.8 Å². The number of phenolic OH excluding ortho intramolecular Hbond substituents is 1. The highest BCUT2D eigenvalue weighted by Crippen LogP contribution is 2.45. The number of anilines is 1. The molecule has 2 N–H and O–H groups in total. The number of carbonyl (C=O) groups is 1. The maximum Gasteiger partial charge on any atom is 0.254 e. The molecule has 33 heavy (non-hydrogen) atoms. The molecule has 1 amide bonds. The first kappa shape index (κ1) is 21.8. The number of aromatic hydroxyl groups is 1. The third-order valence-electron chi connectivity index (χ3n) is 7.10. The lowest BCUT2D eigenvalue weighted by Gasteiger charge is -2.53. The predicted octanol–water partition coefficient (Wildman–Crippen LogP) is 5.10. The molecular weight excluding hydrogens is 436 g/mol. The largest absolute Gasteiger partial charge is 0.508 e. The van der Waals surface area contributed by atoms with Gasteiger partial charge in [0.25, 0.3) is 5.91 Å². The standard InChI is InChI=1S/C26H29ClN4O2/c1-18-2-5-20(12-24(18)32)25(33)30-16-26(17-30)10-8-22(9-11-26)29-23-13-28-31(15-23)14-19-3-6-21(27)7-4-19/h2-7,12-13,15,22,29,32H,8-11,14,16-17H2,1H3. The third kappa shape index (κ3) is 4.71. The van der Waals surface area contributed by atoms with Gasteiger partial charge in [0.1, 0.15) is 5.75 Å². The van der Waals surface area contributed by atoms with Gasteiger partial charge in [0, 0.05) is 41.3 Å². The van der Waals surface area contributed by atoms with Crippen molar-refractivity contribution in [1.29, 1.82) is 0 Å². The molecule has 1 spiro atoms. The van der Waals surface area contributed by atoms with Crippen molar-refractivity contribution in [2.24, 2.45) is 5.41 Å². The van der Waals surface area contributed by atoms with Crippen molar-refractivity contribution in [2.75, 3.05) is 18.4 Å². The van der Waals surface area contributed by atoms with Gasteiger partial charge in [-0.25, -0.2) is 0 Å². The van der Waals surface area contributed by atoms with Gasteiger partial charge in [-0.15, -0.1) is 0 Å². The highest BCUT2D eigenvalue weighted by Gasteiger charge is 2.47. The Kier molecular flexibility index (Phi) is 5.79. The van der Waals surface area contributed by atoms with E-state index in [-0.39, 0.29) is 17.1 Å². The molecule has 6 nitrogen and oxygen atoms in total. The van der Waals surface area contributed by atoms with Gasteiger partial charge in [-0.2, -0.15) is 5.10 Å². The number of likely N-dealkylation sites (tertiary alicyclic amines) is 1. The number of carbonyl (C=O) groups excluding carboxylic acids is 1. The van der Waals surface area contributed by atoms with Gasteiger partial charge in [0.15, 0.2) is 0 Å². The molecule has 0 unspecified atom stereocenters. The molecule has 172 valence electrons. The molecule has 3 aromatic rings. The number of hydrogen-bond donors (Lipinski definition) is 2. The number of nitrogens with zero attached hydrogens (tertiary/aromatic N) is 3. The minimum absolute atomic E-state index is 0.0178. The van der Waals surface area contributed by atoms with Crippen molar-refractivity contribution >= 4 is 23.2 Å². The molecular formula is C26H29ClN4O2. The van der Waals surface area contributed by atoms with Gasteiger partial charge in [-0.1, -0.05) is 29.8 Å². The van der Waals surface area contributed by atoms with Crippen LogP contribution in [0.2, 0.25) is 5.02 Å². The first-order valence-corrected chi connectivity index (χ1v) is 11.9. The summed E-state index contributed by atoms with van der Waals surface area (Å²) in [7, 11) is 0. The molecule has 1 aliphatic heterocycles. The highest BCUT2D eigenvalue weighted by molar-refractivity contribution is 6.30.